The van der Waals surface area contributed by atoms with Gasteiger partial charge in [0.1, 0.15) is 22.8 Å². The Hall–Kier alpha value is -2.60. The third kappa shape index (κ3) is 3.62. The van der Waals surface area contributed by atoms with E-state index in [-0.39, 0.29) is 12.6 Å². The highest BCUT2D eigenvalue weighted by atomic mass is 32.1. The molecule has 1 aliphatic carbocycles. The molecule has 6 heteroatoms. The Morgan fingerprint density at radius 1 is 1.30 bits per heavy atom. The molecule has 0 amide bonds. The van der Waals surface area contributed by atoms with Gasteiger partial charge < -0.3 is 13.9 Å². The number of thiophene rings is 1. The molecule has 2 heterocycles. The van der Waals surface area contributed by atoms with Crippen LogP contribution in [0.1, 0.15) is 39.0 Å². The van der Waals surface area contributed by atoms with E-state index in [9.17, 15) is 9.59 Å². The van der Waals surface area contributed by atoms with Crippen molar-refractivity contribution in [1.82, 2.24) is 0 Å². The summed E-state index contributed by atoms with van der Waals surface area (Å²) in [5.41, 5.74) is 1.81. The Kier molecular flexibility index (Phi) is 4.74. The number of hydrogen-bond acceptors (Lipinski definition) is 6. The van der Waals surface area contributed by atoms with Crippen molar-refractivity contribution in [2.45, 2.75) is 32.8 Å². The van der Waals surface area contributed by atoms with E-state index in [1.54, 1.807) is 25.3 Å². The minimum atomic E-state index is -0.484. The first-order valence-electron chi connectivity index (χ1n) is 8.93. The highest BCUT2D eigenvalue weighted by Crippen LogP contribution is 2.32. The topological polar surface area (TPSA) is 65.7 Å². The molecule has 4 rings (SSSR count). The monoisotopic (exact) mass is 384 g/mol. The van der Waals surface area contributed by atoms with E-state index in [0.717, 1.165) is 24.6 Å². The van der Waals surface area contributed by atoms with Crippen LogP contribution in [-0.4, -0.2) is 13.1 Å². The minimum absolute atomic E-state index is 0.0201. The van der Waals surface area contributed by atoms with Gasteiger partial charge in [0.15, 0.2) is 0 Å². The van der Waals surface area contributed by atoms with E-state index in [4.69, 9.17) is 13.9 Å². The van der Waals surface area contributed by atoms with Crippen LogP contribution >= 0.6 is 11.3 Å². The van der Waals surface area contributed by atoms with Crippen molar-refractivity contribution < 1.29 is 18.7 Å². The summed E-state index contributed by atoms with van der Waals surface area (Å²) in [5, 5.41) is 0.725. The van der Waals surface area contributed by atoms with Gasteiger partial charge in [-0.05, 0) is 48.9 Å². The molecular formula is C21H20O5S. The highest BCUT2D eigenvalue weighted by Gasteiger charge is 2.21. The van der Waals surface area contributed by atoms with E-state index in [2.05, 4.69) is 6.92 Å². The number of aryl methyl sites for hydroxylation is 1. The van der Waals surface area contributed by atoms with Crippen LogP contribution in [-0.2, 0) is 24.2 Å². The lowest BCUT2D eigenvalue weighted by atomic mass is 9.90. The van der Waals surface area contributed by atoms with Crippen molar-refractivity contribution in [3.05, 3.63) is 61.6 Å². The van der Waals surface area contributed by atoms with Crippen molar-refractivity contribution in [3.63, 3.8) is 0 Å². The molecule has 27 heavy (non-hydrogen) atoms. The number of rotatable bonds is 4. The summed E-state index contributed by atoms with van der Waals surface area (Å²) in [4.78, 5) is 26.3. The predicted molar refractivity (Wildman–Crippen MR) is 104 cm³/mol. The largest absolute Gasteiger partial charge is 0.497 e. The molecule has 0 saturated carbocycles. The van der Waals surface area contributed by atoms with E-state index in [1.165, 1.54) is 27.8 Å². The molecule has 0 fully saturated rings. The molecule has 0 radical (unpaired) electrons. The van der Waals surface area contributed by atoms with Crippen molar-refractivity contribution in [2.75, 3.05) is 7.11 Å². The third-order valence-corrected chi connectivity index (χ3v) is 6.14. The fourth-order valence-electron chi connectivity index (χ4n) is 3.48. The number of hydrogen-bond donors (Lipinski definition) is 0. The summed E-state index contributed by atoms with van der Waals surface area (Å²) in [6, 6.07) is 8.55. The molecule has 0 aliphatic heterocycles. The van der Waals surface area contributed by atoms with E-state index < -0.39 is 5.63 Å². The number of carbonyl (C=O) groups is 1. The normalized spacial score (nSPS) is 16.1. The Balaban J connectivity index is 1.55. The second-order valence-electron chi connectivity index (χ2n) is 6.94. The first-order valence-corrected chi connectivity index (χ1v) is 9.74. The second-order valence-corrected chi connectivity index (χ2v) is 8.07. The van der Waals surface area contributed by atoms with Crippen LogP contribution in [0.15, 0.2) is 39.5 Å². The van der Waals surface area contributed by atoms with Crippen molar-refractivity contribution in [1.29, 1.82) is 0 Å². The molecule has 1 aromatic carbocycles. The molecule has 1 aliphatic rings. The Morgan fingerprint density at radius 3 is 2.96 bits per heavy atom. The van der Waals surface area contributed by atoms with Gasteiger partial charge in [-0.1, -0.05) is 6.92 Å². The fraction of sp³-hybridized carbons (Fsp3) is 0.333. The van der Waals surface area contributed by atoms with Crippen LogP contribution in [0, 0.1) is 5.92 Å². The van der Waals surface area contributed by atoms with E-state index in [0.29, 0.717) is 27.7 Å². The third-order valence-electron chi connectivity index (χ3n) is 4.93. The predicted octanol–water partition coefficient (Wildman–Crippen LogP) is 4.34. The quantitative estimate of drug-likeness (QED) is 0.494. The number of esters is 1. The number of benzene rings is 1. The summed E-state index contributed by atoms with van der Waals surface area (Å²) >= 11 is 1.52. The summed E-state index contributed by atoms with van der Waals surface area (Å²) in [7, 11) is 1.55. The van der Waals surface area contributed by atoms with Gasteiger partial charge in [0.2, 0.25) is 0 Å². The lowest BCUT2D eigenvalue weighted by molar-refractivity contribution is 0.0479. The maximum Gasteiger partial charge on any atom is 0.348 e. The number of fused-ring (bicyclic) bond motifs is 2. The zero-order valence-corrected chi connectivity index (χ0v) is 16.1. The number of methoxy groups -OCH3 is 1. The molecule has 0 spiro atoms. The first kappa shape index (κ1) is 17.8. The Labute approximate surface area is 160 Å². The van der Waals surface area contributed by atoms with Gasteiger partial charge >= 0.3 is 11.6 Å². The molecular weight excluding hydrogens is 364 g/mol. The Bertz CT molecular complexity index is 1060. The van der Waals surface area contributed by atoms with Crippen LogP contribution in [0.25, 0.3) is 11.0 Å². The maximum absolute atomic E-state index is 12.5. The van der Waals surface area contributed by atoms with Gasteiger partial charge in [-0.15, -0.1) is 11.3 Å². The van der Waals surface area contributed by atoms with Gasteiger partial charge in [0.25, 0.3) is 0 Å². The van der Waals surface area contributed by atoms with Gasteiger partial charge in [0, 0.05) is 28.0 Å². The van der Waals surface area contributed by atoms with Crippen molar-refractivity contribution in [2.24, 2.45) is 5.92 Å². The van der Waals surface area contributed by atoms with E-state index in [1.807, 2.05) is 6.07 Å². The molecule has 0 unspecified atom stereocenters. The Morgan fingerprint density at radius 2 is 2.15 bits per heavy atom. The average Bonchev–Trinajstić information content (AvgIpc) is 3.08. The summed E-state index contributed by atoms with van der Waals surface area (Å²) < 4.78 is 15.9. The van der Waals surface area contributed by atoms with Gasteiger partial charge in [-0.25, -0.2) is 9.59 Å². The summed E-state index contributed by atoms with van der Waals surface area (Å²) in [5.74, 6) is 0.901. The lowest BCUT2D eigenvalue weighted by Crippen LogP contribution is -2.08. The molecule has 140 valence electrons. The minimum Gasteiger partial charge on any atom is -0.497 e. The van der Waals surface area contributed by atoms with Gasteiger partial charge in [-0.3, -0.25) is 0 Å². The molecule has 2 aromatic heterocycles. The zero-order valence-electron chi connectivity index (χ0n) is 15.2. The molecule has 0 N–H and O–H groups in total. The molecule has 3 aromatic rings. The lowest BCUT2D eigenvalue weighted by Gasteiger charge is -2.16. The van der Waals surface area contributed by atoms with Crippen LogP contribution in [0.4, 0.5) is 0 Å². The summed E-state index contributed by atoms with van der Waals surface area (Å²) in [6.07, 6.45) is 3.21. The second kappa shape index (κ2) is 7.19. The van der Waals surface area contributed by atoms with E-state index >= 15 is 0 Å². The van der Waals surface area contributed by atoms with Crippen molar-refractivity contribution in [3.8, 4) is 5.75 Å². The number of carbonyl (C=O) groups excluding carboxylic acids is 1. The van der Waals surface area contributed by atoms with Gasteiger partial charge in [-0.2, -0.15) is 0 Å². The SMILES string of the molecule is COc1ccc2c(COC(=O)c3cc4c(s3)CC[C@@H](C)C4)cc(=O)oc2c1. The van der Waals surface area contributed by atoms with Crippen LogP contribution in [0.3, 0.4) is 0 Å². The van der Waals surface area contributed by atoms with Crippen molar-refractivity contribution >= 4 is 28.3 Å². The number of ether oxygens (including phenoxy) is 2. The van der Waals surface area contributed by atoms with Crippen LogP contribution in [0.5, 0.6) is 5.75 Å². The standard InChI is InChI=1S/C21H20O5S/c1-12-3-6-18-13(7-12)8-19(27-18)21(23)25-11-14-9-20(22)26-17-10-15(24-2)4-5-16(14)17/h4-5,8-10,12H,3,6-7,11H2,1-2H3/t12-/m1/s1. The smallest absolute Gasteiger partial charge is 0.348 e. The van der Waals surface area contributed by atoms with Crippen LogP contribution in [0.2, 0.25) is 0 Å². The first-order chi connectivity index (χ1) is 13.0. The zero-order chi connectivity index (χ0) is 19.0. The molecule has 1 atom stereocenters. The van der Waals surface area contributed by atoms with Crippen LogP contribution < -0.4 is 10.4 Å². The maximum atomic E-state index is 12.5. The molecule has 0 saturated heterocycles. The van der Waals surface area contributed by atoms with Gasteiger partial charge in [0.05, 0.1) is 7.11 Å². The average molecular weight is 384 g/mol. The highest BCUT2D eigenvalue weighted by molar-refractivity contribution is 7.14. The molecule has 0 bridgehead atoms. The summed E-state index contributed by atoms with van der Waals surface area (Å²) in [6.45, 7) is 2.26. The fourth-order valence-corrected chi connectivity index (χ4v) is 4.58. The molecule has 5 nitrogen and oxygen atoms in total.